The van der Waals surface area contributed by atoms with Crippen LogP contribution < -0.4 is 4.74 Å². The fraction of sp³-hybridized carbons (Fsp3) is 0.286. The van der Waals surface area contributed by atoms with Crippen LogP contribution in [0.3, 0.4) is 0 Å². The quantitative estimate of drug-likeness (QED) is 0.763. The standard InChI is InChI=1S/C14H15ClN2O/c1-8-5-6-9(2)13(11(8)4)18-12-7-10(3)16-14(15)17-12/h5-7H,1-4H3. The Bertz CT molecular complexity index is 576. The van der Waals surface area contributed by atoms with Gasteiger partial charge >= 0.3 is 0 Å². The number of hydrogen-bond donors (Lipinski definition) is 0. The molecule has 0 fully saturated rings. The van der Waals surface area contributed by atoms with Gasteiger partial charge in [-0.25, -0.2) is 4.98 Å². The van der Waals surface area contributed by atoms with Crippen molar-refractivity contribution < 1.29 is 4.74 Å². The van der Waals surface area contributed by atoms with Crippen molar-refractivity contribution in [3.63, 3.8) is 0 Å². The van der Waals surface area contributed by atoms with Crippen molar-refractivity contribution >= 4 is 11.6 Å². The lowest BCUT2D eigenvalue weighted by Gasteiger charge is -2.13. The maximum atomic E-state index is 5.85. The molecule has 1 aromatic carbocycles. The maximum absolute atomic E-state index is 5.85. The first-order valence-corrected chi connectivity index (χ1v) is 6.11. The Labute approximate surface area is 112 Å². The molecule has 2 rings (SSSR count). The van der Waals surface area contributed by atoms with Crippen LogP contribution in [0.5, 0.6) is 11.6 Å². The summed E-state index contributed by atoms with van der Waals surface area (Å²) >= 11 is 5.82. The molecule has 3 nitrogen and oxygen atoms in total. The fourth-order valence-electron chi connectivity index (χ4n) is 1.74. The minimum atomic E-state index is 0.202. The van der Waals surface area contributed by atoms with Gasteiger partial charge in [-0.05, 0) is 56.0 Å². The van der Waals surface area contributed by atoms with E-state index in [1.807, 2.05) is 26.8 Å². The Morgan fingerprint density at radius 3 is 2.33 bits per heavy atom. The third-order valence-electron chi connectivity index (χ3n) is 2.88. The number of halogens is 1. The van der Waals surface area contributed by atoms with E-state index in [0.717, 1.165) is 22.6 Å². The summed E-state index contributed by atoms with van der Waals surface area (Å²) in [5, 5.41) is 0.202. The molecule has 0 aliphatic heterocycles. The van der Waals surface area contributed by atoms with E-state index in [4.69, 9.17) is 16.3 Å². The zero-order chi connectivity index (χ0) is 13.3. The van der Waals surface area contributed by atoms with Crippen molar-refractivity contribution in [2.24, 2.45) is 0 Å². The van der Waals surface area contributed by atoms with Crippen LogP contribution in [0, 0.1) is 27.7 Å². The zero-order valence-electron chi connectivity index (χ0n) is 10.9. The lowest BCUT2D eigenvalue weighted by molar-refractivity contribution is 0.453. The Kier molecular flexibility index (Phi) is 3.53. The van der Waals surface area contributed by atoms with E-state index in [0.29, 0.717) is 5.88 Å². The molecule has 1 aromatic heterocycles. The molecule has 0 N–H and O–H groups in total. The SMILES string of the molecule is Cc1cc(Oc2c(C)ccc(C)c2C)nc(Cl)n1. The van der Waals surface area contributed by atoms with Crippen LogP contribution in [0.15, 0.2) is 18.2 Å². The summed E-state index contributed by atoms with van der Waals surface area (Å²) in [6.07, 6.45) is 0. The maximum Gasteiger partial charge on any atom is 0.225 e. The van der Waals surface area contributed by atoms with E-state index in [1.54, 1.807) is 6.07 Å². The van der Waals surface area contributed by atoms with Crippen molar-refractivity contribution in [1.82, 2.24) is 9.97 Å². The van der Waals surface area contributed by atoms with Crippen molar-refractivity contribution in [2.45, 2.75) is 27.7 Å². The van der Waals surface area contributed by atoms with Crippen LogP contribution in [0.4, 0.5) is 0 Å². The molecule has 94 valence electrons. The lowest BCUT2D eigenvalue weighted by atomic mass is 10.1. The highest BCUT2D eigenvalue weighted by Crippen LogP contribution is 2.30. The van der Waals surface area contributed by atoms with Gasteiger partial charge < -0.3 is 4.74 Å². The van der Waals surface area contributed by atoms with Gasteiger partial charge in [0.25, 0.3) is 0 Å². The summed E-state index contributed by atoms with van der Waals surface area (Å²) in [5.74, 6) is 1.31. The highest BCUT2D eigenvalue weighted by molar-refractivity contribution is 6.28. The smallest absolute Gasteiger partial charge is 0.225 e. The van der Waals surface area contributed by atoms with Crippen LogP contribution in [-0.4, -0.2) is 9.97 Å². The van der Waals surface area contributed by atoms with Gasteiger partial charge in [-0.2, -0.15) is 4.98 Å². The van der Waals surface area contributed by atoms with Crippen LogP contribution in [-0.2, 0) is 0 Å². The predicted octanol–water partition coefficient (Wildman–Crippen LogP) is 4.16. The van der Waals surface area contributed by atoms with Crippen LogP contribution in [0.1, 0.15) is 22.4 Å². The number of rotatable bonds is 2. The average Bonchev–Trinajstić information content (AvgIpc) is 2.28. The number of aromatic nitrogens is 2. The third-order valence-corrected chi connectivity index (χ3v) is 3.05. The van der Waals surface area contributed by atoms with Gasteiger partial charge in [-0.15, -0.1) is 0 Å². The summed E-state index contributed by atoms with van der Waals surface area (Å²) in [7, 11) is 0. The van der Waals surface area contributed by atoms with Gasteiger partial charge in [0.1, 0.15) is 5.75 Å². The number of ether oxygens (including phenoxy) is 1. The third kappa shape index (κ3) is 2.62. The molecule has 0 aliphatic carbocycles. The Balaban J connectivity index is 2.42. The minimum Gasteiger partial charge on any atom is -0.438 e. The number of benzene rings is 1. The molecule has 0 saturated heterocycles. The molecule has 4 heteroatoms. The first-order chi connectivity index (χ1) is 8.47. The van der Waals surface area contributed by atoms with Gasteiger partial charge in [0.15, 0.2) is 0 Å². The highest BCUT2D eigenvalue weighted by atomic mass is 35.5. The van der Waals surface area contributed by atoms with Crippen LogP contribution in [0.2, 0.25) is 5.28 Å². The van der Waals surface area contributed by atoms with Crippen LogP contribution in [0.25, 0.3) is 0 Å². The van der Waals surface area contributed by atoms with E-state index in [9.17, 15) is 0 Å². The average molecular weight is 263 g/mol. The molecule has 0 radical (unpaired) electrons. The zero-order valence-corrected chi connectivity index (χ0v) is 11.7. The molecule has 1 heterocycles. The van der Waals surface area contributed by atoms with Gasteiger partial charge in [0.05, 0.1) is 0 Å². The molecule has 18 heavy (non-hydrogen) atoms. The molecular formula is C14H15ClN2O. The largest absolute Gasteiger partial charge is 0.438 e. The van der Waals surface area contributed by atoms with E-state index in [1.165, 1.54) is 5.56 Å². The van der Waals surface area contributed by atoms with Gasteiger partial charge in [0.2, 0.25) is 11.2 Å². The first-order valence-electron chi connectivity index (χ1n) is 5.73. The molecule has 0 bridgehead atoms. The van der Waals surface area contributed by atoms with E-state index < -0.39 is 0 Å². The second-order valence-electron chi connectivity index (χ2n) is 4.37. The molecular weight excluding hydrogens is 248 g/mol. The lowest BCUT2D eigenvalue weighted by Crippen LogP contribution is -1.97. The summed E-state index contributed by atoms with van der Waals surface area (Å²) in [4.78, 5) is 8.09. The van der Waals surface area contributed by atoms with Crippen molar-refractivity contribution in [1.29, 1.82) is 0 Å². The molecule has 0 amide bonds. The van der Waals surface area contributed by atoms with Crippen molar-refractivity contribution in [2.75, 3.05) is 0 Å². The molecule has 0 spiro atoms. The summed E-state index contributed by atoms with van der Waals surface area (Å²) in [6.45, 7) is 7.96. The van der Waals surface area contributed by atoms with Crippen molar-refractivity contribution in [3.05, 3.63) is 45.9 Å². The number of nitrogens with zero attached hydrogens (tertiary/aromatic N) is 2. The monoisotopic (exact) mass is 262 g/mol. The highest BCUT2D eigenvalue weighted by Gasteiger charge is 2.09. The number of hydrogen-bond acceptors (Lipinski definition) is 3. The molecule has 0 unspecified atom stereocenters. The minimum absolute atomic E-state index is 0.202. The summed E-state index contributed by atoms with van der Waals surface area (Å²) in [6, 6.07) is 5.89. The topological polar surface area (TPSA) is 35.0 Å². The summed E-state index contributed by atoms with van der Waals surface area (Å²) in [5.41, 5.74) is 4.16. The summed E-state index contributed by atoms with van der Waals surface area (Å²) < 4.78 is 5.85. The van der Waals surface area contributed by atoms with Crippen LogP contribution >= 0.6 is 11.6 Å². The van der Waals surface area contributed by atoms with E-state index >= 15 is 0 Å². The van der Waals surface area contributed by atoms with Gasteiger partial charge in [0, 0.05) is 11.8 Å². The second kappa shape index (κ2) is 4.94. The Hall–Kier alpha value is -1.61. The molecule has 2 aromatic rings. The fourth-order valence-corrected chi connectivity index (χ4v) is 1.96. The first kappa shape index (κ1) is 12.8. The van der Waals surface area contributed by atoms with E-state index in [-0.39, 0.29) is 5.28 Å². The number of aryl methyl sites for hydroxylation is 3. The van der Waals surface area contributed by atoms with Gasteiger partial charge in [-0.3, -0.25) is 0 Å². The molecule has 0 atom stereocenters. The molecule has 0 aliphatic rings. The van der Waals surface area contributed by atoms with E-state index in [2.05, 4.69) is 23.0 Å². The van der Waals surface area contributed by atoms with Gasteiger partial charge in [-0.1, -0.05) is 12.1 Å². The predicted molar refractivity (Wildman–Crippen MR) is 72.5 cm³/mol. The molecule has 0 saturated carbocycles. The Morgan fingerprint density at radius 1 is 1.00 bits per heavy atom. The van der Waals surface area contributed by atoms with Crippen molar-refractivity contribution in [3.8, 4) is 11.6 Å². The Morgan fingerprint density at radius 2 is 1.67 bits per heavy atom. The second-order valence-corrected chi connectivity index (χ2v) is 4.71. The normalized spacial score (nSPS) is 10.5.